The molecule has 4 heterocycles. The molecule has 0 saturated carbocycles. The number of imidazole rings is 1. The number of nitrogens with zero attached hydrogens (tertiary/aromatic N) is 6. The highest BCUT2D eigenvalue weighted by atomic mass is 16.5. The summed E-state index contributed by atoms with van der Waals surface area (Å²) in [7, 11) is 3.19. The molecular weight excluding hydrogens is 600 g/mol. The van der Waals surface area contributed by atoms with E-state index < -0.39 is 0 Å². The van der Waals surface area contributed by atoms with Gasteiger partial charge in [-0.3, -0.25) is 9.59 Å². The third kappa shape index (κ3) is 6.91. The summed E-state index contributed by atoms with van der Waals surface area (Å²) in [4.78, 5) is 44.5. The van der Waals surface area contributed by atoms with E-state index in [1.165, 1.54) is 6.39 Å². The molecule has 47 heavy (non-hydrogen) atoms. The molecule has 6 rings (SSSR count). The maximum atomic E-state index is 14.0. The number of aromatic nitrogens is 4. The number of hydrogen-bond donors (Lipinski definition) is 0. The number of amides is 2. The number of ether oxygens (including phenoxy) is 3. The number of para-hydroxylation sites is 1. The van der Waals surface area contributed by atoms with Crippen LogP contribution in [0.25, 0.3) is 22.3 Å². The third-order valence-corrected chi connectivity index (χ3v) is 8.32. The molecule has 0 saturated heterocycles. The van der Waals surface area contributed by atoms with Crippen molar-refractivity contribution < 1.29 is 28.2 Å². The molecule has 1 aliphatic heterocycles. The number of carbonyl (C=O) groups excluding carboxylic acids is 2. The van der Waals surface area contributed by atoms with E-state index in [0.29, 0.717) is 92.7 Å². The van der Waals surface area contributed by atoms with Crippen LogP contribution in [0.3, 0.4) is 0 Å². The van der Waals surface area contributed by atoms with Crippen LogP contribution in [0.1, 0.15) is 46.0 Å². The zero-order chi connectivity index (χ0) is 32.8. The maximum Gasteiger partial charge on any atom is 0.291 e. The Balaban J connectivity index is 1.29. The van der Waals surface area contributed by atoms with Gasteiger partial charge in [0, 0.05) is 62.1 Å². The first-order valence-corrected chi connectivity index (χ1v) is 15.7. The monoisotopic (exact) mass is 638 g/mol. The van der Waals surface area contributed by atoms with E-state index in [-0.39, 0.29) is 17.6 Å². The van der Waals surface area contributed by atoms with Gasteiger partial charge in [0.2, 0.25) is 5.76 Å². The van der Waals surface area contributed by atoms with Gasteiger partial charge in [0.1, 0.15) is 17.3 Å². The molecule has 0 fully saturated rings. The number of carbonyl (C=O) groups is 2. The summed E-state index contributed by atoms with van der Waals surface area (Å²) in [6.07, 6.45) is 6.85. The van der Waals surface area contributed by atoms with E-state index >= 15 is 0 Å². The summed E-state index contributed by atoms with van der Waals surface area (Å²) < 4.78 is 24.9. The van der Waals surface area contributed by atoms with E-state index in [1.54, 1.807) is 43.2 Å². The van der Waals surface area contributed by atoms with Crippen LogP contribution < -0.4 is 14.2 Å². The molecule has 0 spiro atoms. The third-order valence-electron chi connectivity index (χ3n) is 8.32. The lowest BCUT2D eigenvalue weighted by Gasteiger charge is -2.25. The molecule has 1 aliphatic rings. The fourth-order valence-electron chi connectivity index (χ4n) is 5.81. The van der Waals surface area contributed by atoms with Gasteiger partial charge in [-0.05, 0) is 56.5 Å². The second kappa shape index (κ2) is 14.4. The number of fused-ring (bicyclic) bond motifs is 5. The first-order chi connectivity index (χ1) is 23.0. The Labute approximate surface area is 272 Å². The highest BCUT2D eigenvalue weighted by molar-refractivity contribution is 5.97. The first kappa shape index (κ1) is 31.6. The minimum absolute atomic E-state index is 0.192. The molecule has 244 valence electrons. The molecule has 12 nitrogen and oxygen atoms in total. The fourth-order valence-corrected chi connectivity index (χ4v) is 5.81. The highest BCUT2D eigenvalue weighted by Gasteiger charge is 2.24. The zero-order valence-corrected chi connectivity index (χ0v) is 26.8. The van der Waals surface area contributed by atoms with Gasteiger partial charge in [0.05, 0.1) is 32.0 Å². The molecule has 0 atom stereocenters. The van der Waals surface area contributed by atoms with Crippen molar-refractivity contribution in [3.8, 4) is 28.6 Å². The first-order valence-electron chi connectivity index (χ1n) is 15.7. The second-order valence-corrected chi connectivity index (χ2v) is 11.3. The minimum atomic E-state index is -0.222. The molecular formula is C35H38N6O6. The molecule has 2 bridgehead atoms. The molecule has 5 aromatic rings. The van der Waals surface area contributed by atoms with Crippen molar-refractivity contribution >= 4 is 22.7 Å². The largest absolute Gasteiger partial charge is 0.496 e. The smallest absolute Gasteiger partial charge is 0.291 e. The second-order valence-electron chi connectivity index (χ2n) is 11.3. The SMILES string of the molecule is COc1ccc2cc1OCCCN(C(=O)c1cc(OC)c3ccccc3n1)CCCCN(C(=O)c1ocnc1C)CCn1ccnc1-2. The normalized spacial score (nSPS) is 14.6. The number of pyridine rings is 1. The standard InChI is InChI=1S/C35H38N6O6/c1-24-32(47-23-37-24)35(43)41-15-7-6-14-40(34(42)28-22-30(45-3)26-9-4-5-10-27(26)38-28)16-8-20-46-31-21-25(11-12-29(31)44-2)33-36-13-17-39(33)18-19-41/h4-5,9-13,17,21-23H,6-8,14-16,18-20H2,1-3H3. The molecule has 2 aromatic carbocycles. The van der Waals surface area contributed by atoms with Gasteiger partial charge < -0.3 is 33.0 Å². The Morgan fingerprint density at radius 2 is 1.60 bits per heavy atom. The fraction of sp³-hybridized carbons (Fsp3) is 0.343. The van der Waals surface area contributed by atoms with Gasteiger partial charge >= 0.3 is 0 Å². The summed E-state index contributed by atoms with van der Waals surface area (Å²) in [5.74, 6) is 2.34. The zero-order valence-electron chi connectivity index (χ0n) is 26.8. The van der Waals surface area contributed by atoms with Gasteiger partial charge in [-0.15, -0.1) is 0 Å². The maximum absolute atomic E-state index is 14.0. The number of oxazole rings is 1. The topological polar surface area (TPSA) is 125 Å². The predicted molar refractivity (Wildman–Crippen MR) is 175 cm³/mol. The van der Waals surface area contributed by atoms with Crippen LogP contribution in [0.4, 0.5) is 0 Å². The number of methoxy groups -OCH3 is 2. The Bertz CT molecular complexity index is 1870. The molecule has 0 unspecified atom stereocenters. The van der Waals surface area contributed by atoms with Crippen LogP contribution in [0, 0.1) is 6.92 Å². The lowest BCUT2D eigenvalue weighted by molar-refractivity contribution is 0.0692. The minimum Gasteiger partial charge on any atom is -0.496 e. The summed E-state index contributed by atoms with van der Waals surface area (Å²) >= 11 is 0. The van der Waals surface area contributed by atoms with E-state index in [0.717, 1.165) is 16.8 Å². The van der Waals surface area contributed by atoms with Gasteiger partial charge in [0.25, 0.3) is 11.8 Å². The molecule has 0 N–H and O–H groups in total. The molecule has 12 heteroatoms. The highest BCUT2D eigenvalue weighted by Crippen LogP contribution is 2.32. The Morgan fingerprint density at radius 1 is 0.830 bits per heavy atom. The number of aryl methyl sites for hydroxylation is 1. The quantitative estimate of drug-likeness (QED) is 0.259. The molecule has 0 radical (unpaired) electrons. The van der Waals surface area contributed by atoms with E-state index in [2.05, 4.69) is 15.0 Å². The summed E-state index contributed by atoms with van der Waals surface area (Å²) in [6.45, 7) is 4.45. The summed E-state index contributed by atoms with van der Waals surface area (Å²) in [5.41, 5.74) is 2.40. The van der Waals surface area contributed by atoms with Gasteiger partial charge in [0.15, 0.2) is 17.9 Å². The number of hydrogen-bond acceptors (Lipinski definition) is 9. The van der Waals surface area contributed by atoms with Crippen molar-refractivity contribution in [2.75, 3.05) is 47.0 Å². The van der Waals surface area contributed by atoms with Crippen molar-refractivity contribution in [3.05, 3.63) is 84.5 Å². The Morgan fingerprint density at radius 3 is 2.36 bits per heavy atom. The van der Waals surface area contributed by atoms with Crippen molar-refractivity contribution in [3.63, 3.8) is 0 Å². The van der Waals surface area contributed by atoms with Crippen molar-refractivity contribution in [1.29, 1.82) is 0 Å². The summed E-state index contributed by atoms with van der Waals surface area (Å²) in [6, 6.07) is 15.0. The van der Waals surface area contributed by atoms with Gasteiger partial charge in [-0.1, -0.05) is 12.1 Å². The Hall–Kier alpha value is -5.39. The Kier molecular flexibility index (Phi) is 9.65. The van der Waals surface area contributed by atoms with E-state index in [9.17, 15) is 9.59 Å². The van der Waals surface area contributed by atoms with Gasteiger partial charge in [-0.2, -0.15) is 0 Å². The lowest BCUT2D eigenvalue weighted by atomic mass is 10.1. The molecule has 0 aliphatic carbocycles. The van der Waals surface area contributed by atoms with Crippen LogP contribution in [0.15, 0.2) is 71.7 Å². The molecule has 3 aromatic heterocycles. The molecule has 2 amide bonds. The average molecular weight is 639 g/mol. The van der Waals surface area contributed by atoms with Crippen LogP contribution in [-0.2, 0) is 6.54 Å². The van der Waals surface area contributed by atoms with Crippen LogP contribution >= 0.6 is 0 Å². The van der Waals surface area contributed by atoms with E-state index in [1.807, 2.05) is 53.2 Å². The van der Waals surface area contributed by atoms with Crippen LogP contribution in [-0.4, -0.2) is 88.1 Å². The van der Waals surface area contributed by atoms with Gasteiger partial charge in [-0.25, -0.2) is 15.0 Å². The van der Waals surface area contributed by atoms with E-state index in [4.69, 9.17) is 18.6 Å². The van der Waals surface area contributed by atoms with Crippen LogP contribution in [0.2, 0.25) is 0 Å². The summed E-state index contributed by atoms with van der Waals surface area (Å²) in [5, 5.41) is 0.841. The number of rotatable bonds is 4. The van der Waals surface area contributed by atoms with Crippen molar-refractivity contribution in [2.24, 2.45) is 0 Å². The number of benzene rings is 2. The average Bonchev–Trinajstić information content (AvgIpc) is 3.76. The van der Waals surface area contributed by atoms with Crippen LogP contribution in [0.5, 0.6) is 17.2 Å². The predicted octanol–water partition coefficient (Wildman–Crippen LogP) is 5.26. The van der Waals surface area contributed by atoms with Crippen molar-refractivity contribution in [2.45, 2.75) is 32.7 Å². The van der Waals surface area contributed by atoms with Crippen molar-refractivity contribution in [1.82, 2.24) is 29.3 Å². The lowest BCUT2D eigenvalue weighted by Crippen LogP contribution is -2.37.